The second-order valence-corrected chi connectivity index (χ2v) is 39.5. The minimum atomic E-state index is -1.38. The highest BCUT2D eigenvalue weighted by molar-refractivity contribution is 7.81. The van der Waals surface area contributed by atoms with Crippen LogP contribution in [0.3, 0.4) is 0 Å². The Bertz CT molecular complexity index is 3690. The van der Waals surface area contributed by atoms with Gasteiger partial charge in [0.05, 0.1) is 42.7 Å². The summed E-state index contributed by atoms with van der Waals surface area (Å²) in [6.07, 6.45) is 0. The zero-order valence-corrected chi connectivity index (χ0v) is 72.8. The van der Waals surface area contributed by atoms with E-state index in [0.29, 0.717) is 0 Å². The monoisotopic (exact) mass is 1480 g/mol. The van der Waals surface area contributed by atoms with Crippen molar-refractivity contribution in [2.45, 2.75) is 237 Å². The van der Waals surface area contributed by atoms with Crippen molar-refractivity contribution in [3.8, 4) is 34.5 Å². The van der Waals surface area contributed by atoms with Crippen LogP contribution in [0.25, 0.3) is 0 Å². The summed E-state index contributed by atoms with van der Waals surface area (Å²) in [6.45, 7) is 55.5. The maximum absolute atomic E-state index is 6.55. The molecule has 9 aromatic rings. The first kappa shape index (κ1) is 83.2. The molecule has 0 aliphatic rings. The van der Waals surface area contributed by atoms with Crippen LogP contribution in [-0.4, -0.2) is 49.4 Å². The third-order valence-electron chi connectivity index (χ3n) is 21.5. The van der Waals surface area contributed by atoms with Crippen molar-refractivity contribution in [1.82, 2.24) is 0 Å². The van der Waals surface area contributed by atoms with E-state index < -0.39 is 23.8 Å². The van der Waals surface area contributed by atoms with E-state index in [2.05, 4.69) is 312 Å². The molecule has 6 nitrogen and oxygen atoms in total. The van der Waals surface area contributed by atoms with E-state index in [1.807, 2.05) is 42.7 Å². The van der Waals surface area contributed by atoms with Crippen LogP contribution in [-0.2, 0) is 0 Å². The van der Waals surface area contributed by atoms with Gasteiger partial charge in [-0.25, -0.2) is 0 Å². The van der Waals surface area contributed by atoms with Crippen molar-refractivity contribution in [3.63, 3.8) is 0 Å². The lowest BCUT2D eigenvalue weighted by Crippen LogP contribution is -2.63. The Morgan fingerprint density at radius 2 is 0.321 bits per heavy atom. The molecule has 564 valence electrons. The van der Waals surface area contributed by atoms with Crippen LogP contribution in [0.15, 0.2) is 146 Å². The average Bonchev–Trinajstić information content (AvgIpc) is 0.740. The van der Waals surface area contributed by atoms with Crippen molar-refractivity contribution in [2.75, 3.05) is 42.7 Å². The number of hydrogen-bond acceptors (Lipinski definition) is 6. The van der Waals surface area contributed by atoms with Gasteiger partial charge < -0.3 is 28.4 Å². The smallest absolute Gasteiger partial charge is 0.243 e. The van der Waals surface area contributed by atoms with E-state index in [1.165, 1.54) is 131 Å². The Balaban J connectivity index is 1.60. The van der Waals surface area contributed by atoms with Crippen LogP contribution in [0.1, 0.15) is 304 Å². The predicted molar refractivity (Wildman–Crippen MR) is 468 cm³/mol. The molecule has 0 saturated carbocycles. The molecule has 0 aromatic heterocycles. The Morgan fingerprint density at radius 3 is 0.434 bits per heavy atom. The molecular formula is C96H126BO6P3. The second-order valence-electron chi connectivity index (χ2n) is 32.9. The Morgan fingerprint density at radius 1 is 0.198 bits per heavy atom. The zero-order valence-electron chi connectivity index (χ0n) is 70.2. The lowest BCUT2D eigenvalue weighted by molar-refractivity contribution is 0.400. The van der Waals surface area contributed by atoms with Gasteiger partial charge in [0.1, 0.15) is 34.5 Å². The maximum Gasteiger partial charge on any atom is 0.243 e. The summed E-state index contributed by atoms with van der Waals surface area (Å²) >= 11 is 0. The average molecular weight is 1480 g/mol. The van der Waals surface area contributed by atoms with E-state index in [-0.39, 0.29) is 77.7 Å². The van der Waals surface area contributed by atoms with Gasteiger partial charge in [-0.1, -0.05) is 255 Å². The molecule has 0 radical (unpaired) electrons. The van der Waals surface area contributed by atoms with Gasteiger partial charge in [0, 0.05) is 0 Å². The van der Waals surface area contributed by atoms with Crippen LogP contribution in [0, 0.1) is 0 Å². The SMILES string of the molecule is COc1c(C(C)C)cc(P(c2cc(C(C)C)c(OC)c(C(C)C)c2)c2ccccc2B(c2ccccc2P(c2cc(C(C)C)c(OC)c(C(C)C)c2)c2cc(C(C)C)c(OC)c(C(C)C)c2)c2ccccc2P(c2cc(C(C)C)c(OC)c(C(C)C)c2)c2cc(C(C)C)c(OC)c(C(C)C)c2)cc1C(C)C. The van der Waals surface area contributed by atoms with Crippen LogP contribution in [0.5, 0.6) is 34.5 Å². The van der Waals surface area contributed by atoms with Crippen LogP contribution in [0.4, 0.5) is 0 Å². The third kappa shape index (κ3) is 17.0. The van der Waals surface area contributed by atoms with Crippen LogP contribution < -0.4 is 92.6 Å². The van der Waals surface area contributed by atoms with Gasteiger partial charge in [-0.05, 0) is 282 Å². The van der Waals surface area contributed by atoms with Crippen molar-refractivity contribution >= 4 is 94.6 Å². The van der Waals surface area contributed by atoms with Crippen molar-refractivity contribution < 1.29 is 28.4 Å². The van der Waals surface area contributed by atoms with E-state index in [1.54, 1.807) is 0 Å². The first-order chi connectivity index (χ1) is 50.3. The molecule has 0 atom stereocenters. The fourth-order valence-corrected chi connectivity index (χ4v) is 23.7. The van der Waals surface area contributed by atoms with E-state index in [0.717, 1.165) is 34.5 Å². The molecule has 0 N–H and O–H groups in total. The fraction of sp³-hybridized carbons (Fsp3) is 0.438. The molecule has 0 aliphatic carbocycles. The van der Waals surface area contributed by atoms with Gasteiger partial charge in [-0.15, -0.1) is 0 Å². The van der Waals surface area contributed by atoms with Gasteiger partial charge in [-0.2, -0.15) is 0 Å². The number of ether oxygens (including phenoxy) is 6. The summed E-state index contributed by atoms with van der Waals surface area (Å²) in [4.78, 5) is 0. The molecule has 0 bridgehead atoms. The summed E-state index contributed by atoms with van der Waals surface area (Å²) in [6, 6.07) is 59.3. The molecule has 0 heterocycles. The van der Waals surface area contributed by atoms with Crippen molar-refractivity contribution in [1.29, 1.82) is 0 Å². The molecule has 0 fully saturated rings. The number of hydrogen-bond donors (Lipinski definition) is 0. The van der Waals surface area contributed by atoms with E-state index in [4.69, 9.17) is 28.4 Å². The zero-order chi connectivity index (χ0) is 77.8. The third-order valence-corrected chi connectivity index (χ3v) is 28.8. The first-order valence-electron chi connectivity index (χ1n) is 39.3. The number of rotatable bonds is 30. The molecule has 106 heavy (non-hydrogen) atoms. The first-order valence-corrected chi connectivity index (χ1v) is 43.3. The van der Waals surface area contributed by atoms with Gasteiger partial charge in [-0.3, -0.25) is 0 Å². The molecular weight excluding hydrogens is 1350 g/mol. The molecule has 0 saturated heterocycles. The summed E-state index contributed by atoms with van der Waals surface area (Å²) in [5, 5.41) is 11.8. The van der Waals surface area contributed by atoms with E-state index >= 15 is 0 Å². The summed E-state index contributed by atoms with van der Waals surface area (Å²) in [7, 11) is 7.03. The van der Waals surface area contributed by atoms with Crippen LogP contribution >= 0.6 is 23.8 Å². The standard InChI is InChI=1S/C96H126BO6P3/c1-55(2)73-43-67(44-74(56(3)4)91(73)98-25)104(68-45-75(57(5)6)92(99-26)76(46-68)58(7)8)88-40-34-31-37-85(88)97(86-38-32-35-41-89(86)105(69-47-77(59(9)10)93(100-27)78(48-69)60(11)12)70-49-79(61(13)14)94(101-28)80(50-70)62(15)16)87-39-33-36-42-90(87)106(71-51-81(63(17)18)95(102-29)82(52-71)64(19)20)72-53-83(65(21)22)96(103-30)84(54-72)66(23)24/h31-66H,1-30H3. The van der Waals surface area contributed by atoms with Gasteiger partial charge >= 0.3 is 0 Å². The predicted octanol–water partition coefficient (Wildman–Crippen LogP) is 21.0. The lowest BCUT2D eigenvalue weighted by Gasteiger charge is -2.33. The topological polar surface area (TPSA) is 55.4 Å². The normalized spacial score (nSPS) is 12.2. The van der Waals surface area contributed by atoms with Gasteiger partial charge in [0.15, 0.2) is 0 Å². The van der Waals surface area contributed by atoms with Crippen molar-refractivity contribution in [3.05, 3.63) is 212 Å². The second kappa shape index (κ2) is 35.7. The summed E-state index contributed by atoms with van der Waals surface area (Å²) in [5.41, 5.74) is 18.5. The molecule has 9 rings (SSSR count). The Labute approximate surface area is 645 Å². The molecule has 0 unspecified atom stereocenters. The molecule has 0 spiro atoms. The highest BCUT2D eigenvalue weighted by Gasteiger charge is 2.39. The maximum atomic E-state index is 6.55. The number of benzene rings is 9. The Hall–Kier alpha value is -6.87. The molecule has 0 aliphatic heterocycles. The highest BCUT2D eigenvalue weighted by Crippen LogP contribution is 2.48. The minimum absolute atomic E-state index is 0.185. The summed E-state index contributed by atoms with van der Waals surface area (Å²) in [5.74, 6) is 8.13. The van der Waals surface area contributed by atoms with Gasteiger partial charge in [0.2, 0.25) is 6.71 Å². The van der Waals surface area contributed by atoms with Crippen molar-refractivity contribution in [2.24, 2.45) is 0 Å². The molecule has 9 aromatic carbocycles. The molecule has 10 heteroatoms. The van der Waals surface area contributed by atoms with E-state index in [9.17, 15) is 0 Å². The lowest BCUT2D eigenvalue weighted by atomic mass is 9.36. The summed E-state index contributed by atoms with van der Waals surface area (Å²) < 4.78 is 39.3. The van der Waals surface area contributed by atoms with Gasteiger partial charge in [0.25, 0.3) is 0 Å². The largest absolute Gasteiger partial charge is 0.496 e. The molecule has 0 amide bonds. The fourth-order valence-electron chi connectivity index (χ4n) is 15.9. The number of methoxy groups -OCH3 is 6. The highest BCUT2D eigenvalue weighted by atomic mass is 31.1. The van der Waals surface area contributed by atoms with Crippen LogP contribution in [0.2, 0.25) is 0 Å². The quantitative estimate of drug-likeness (QED) is 0.0330. The minimum Gasteiger partial charge on any atom is -0.496 e. The Kier molecular flexibility index (Phi) is 28.0.